The van der Waals surface area contributed by atoms with Gasteiger partial charge in [0.05, 0.1) is 6.61 Å². The van der Waals surface area contributed by atoms with Crippen LogP contribution in [-0.2, 0) is 6.42 Å². The van der Waals surface area contributed by atoms with Crippen LogP contribution in [0.4, 0.5) is 5.69 Å². The number of rotatable bonds is 7. The van der Waals surface area contributed by atoms with Gasteiger partial charge in [0, 0.05) is 23.2 Å². The molecule has 0 saturated carbocycles. The first-order valence-corrected chi connectivity index (χ1v) is 10.4. The minimum atomic E-state index is -0.178. The summed E-state index contributed by atoms with van der Waals surface area (Å²) in [6, 6.07) is 14.8. The Bertz CT molecular complexity index is 1130. The van der Waals surface area contributed by atoms with E-state index in [1.165, 1.54) is 11.3 Å². The van der Waals surface area contributed by atoms with Crippen molar-refractivity contribution in [2.75, 3.05) is 11.9 Å². The highest BCUT2D eigenvalue weighted by Gasteiger charge is 2.13. The second-order valence-electron chi connectivity index (χ2n) is 6.46. The van der Waals surface area contributed by atoms with Gasteiger partial charge in [0.2, 0.25) is 4.96 Å². The first-order chi connectivity index (χ1) is 14.2. The normalized spacial score (nSPS) is 11.0. The molecule has 4 aromatic rings. The molecule has 4 rings (SSSR count). The third-order valence-corrected chi connectivity index (χ3v) is 5.27. The van der Waals surface area contributed by atoms with Crippen LogP contribution < -0.4 is 10.1 Å². The van der Waals surface area contributed by atoms with E-state index in [4.69, 9.17) is 4.74 Å². The van der Waals surface area contributed by atoms with E-state index in [1.54, 1.807) is 12.1 Å². The van der Waals surface area contributed by atoms with Crippen LogP contribution in [0.5, 0.6) is 5.75 Å². The number of carbonyl (C=O) groups is 1. The molecule has 0 radical (unpaired) electrons. The van der Waals surface area contributed by atoms with Crippen molar-refractivity contribution in [1.29, 1.82) is 0 Å². The smallest absolute Gasteiger partial charge is 0.255 e. The Hall–Kier alpha value is -3.26. The molecule has 7 nitrogen and oxygen atoms in total. The maximum absolute atomic E-state index is 12.5. The number of nitrogens with zero attached hydrogens (tertiary/aromatic N) is 4. The Labute approximate surface area is 172 Å². The van der Waals surface area contributed by atoms with Gasteiger partial charge in [-0.1, -0.05) is 24.3 Å². The van der Waals surface area contributed by atoms with Crippen LogP contribution >= 0.6 is 11.3 Å². The van der Waals surface area contributed by atoms with Gasteiger partial charge in [0.15, 0.2) is 5.82 Å². The van der Waals surface area contributed by atoms with Crippen molar-refractivity contribution in [3.63, 3.8) is 0 Å². The molecule has 148 valence electrons. The second kappa shape index (κ2) is 8.40. The maximum atomic E-state index is 12.5. The molecule has 0 bridgehead atoms. The third kappa shape index (κ3) is 4.12. The topological polar surface area (TPSA) is 81.4 Å². The summed E-state index contributed by atoms with van der Waals surface area (Å²) in [5.41, 5.74) is 2.24. The summed E-state index contributed by atoms with van der Waals surface area (Å²) in [7, 11) is 0. The Morgan fingerprint density at radius 3 is 2.72 bits per heavy atom. The Morgan fingerprint density at radius 1 is 1.14 bits per heavy atom. The van der Waals surface area contributed by atoms with Crippen molar-refractivity contribution >= 4 is 27.9 Å². The molecule has 0 unspecified atom stereocenters. The largest absolute Gasteiger partial charge is 0.494 e. The van der Waals surface area contributed by atoms with Crippen molar-refractivity contribution in [2.24, 2.45) is 0 Å². The lowest BCUT2D eigenvalue weighted by Crippen LogP contribution is -2.11. The van der Waals surface area contributed by atoms with Gasteiger partial charge < -0.3 is 10.1 Å². The fraction of sp³-hybridized carbons (Fsp3) is 0.238. The summed E-state index contributed by atoms with van der Waals surface area (Å²) in [6.45, 7) is 4.58. The van der Waals surface area contributed by atoms with Crippen LogP contribution in [0.25, 0.3) is 15.5 Å². The number of amides is 1. The zero-order chi connectivity index (χ0) is 20.2. The van der Waals surface area contributed by atoms with Gasteiger partial charge in [0.1, 0.15) is 10.8 Å². The number of carbonyl (C=O) groups excluding carboxylic acids is 1. The average molecular weight is 407 g/mol. The van der Waals surface area contributed by atoms with Crippen LogP contribution in [0.15, 0.2) is 48.5 Å². The molecule has 2 aromatic heterocycles. The standard InChI is InChI=1S/C21H21N5O2S/c1-3-6-18-23-24-21-26(18)25-20(29-21)14-9-11-16(12-10-14)22-19(27)15-7-5-8-17(13-15)28-4-2/h5,7-13H,3-4,6H2,1-2H3,(H,22,27). The van der Waals surface area contributed by atoms with Crippen LogP contribution in [0.3, 0.4) is 0 Å². The molecular weight excluding hydrogens is 386 g/mol. The molecule has 0 aliphatic rings. The van der Waals surface area contributed by atoms with Crippen molar-refractivity contribution in [3.8, 4) is 16.3 Å². The summed E-state index contributed by atoms with van der Waals surface area (Å²) in [5.74, 6) is 1.38. The number of aromatic nitrogens is 4. The molecule has 8 heteroatoms. The zero-order valence-electron chi connectivity index (χ0n) is 16.3. The lowest BCUT2D eigenvalue weighted by molar-refractivity contribution is 0.102. The fourth-order valence-electron chi connectivity index (χ4n) is 2.95. The van der Waals surface area contributed by atoms with E-state index in [1.807, 2.05) is 47.8 Å². The molecule has 0 aliphatic carbocycles. The zero-order valence-corrected chi connectivity index (χ0v) is 17.1. The molecule has 0 saturated heterocycles. The molecule has 29 heavy (non-hydrogen) atoms. The molecule has 1 amide bonds. The molecule has 1 N–H and O–H groups in total. The second-order valence-corrected chi connectivity index (χ2v) is 7.42. The summed E-state index contributed by atoms with van der Waals surface area (Å²) >= 11 is 1.50. The highest BCUT2D eigenvalue weighted by Crippen LogP contribution is 2.27. The lowest BCUT2D eigenvalue weighted by Gasteiger charge is -2.08. The van der Waals surface area contributed by atoms with Gasteiger partial charge in [-0.3, -0.25) is 4.79 Å². The first kappa shape index (κ1) is 19.1. The number of fused-ring (bicyclic) bond motifs is 1. The average Bonchev–Trinajstić information content (AvgIpc) is 3.31. The van der Waals surface area contributed by atoms with Crippen LogP contribution in [0.2, 0.25) is 0 Å². The summed E-state index contributed by atoms with van der Waals surface area (Å²) in [5, 5.41) is 16.8. The van der Waals surface area contributed by atoms with E-state index < -0.39 is 0 Å². The Morgan fingerprint density at radius 2 is 1.97 bits per heavy atom. The lowest BCUT2D eigenvalue weighted by atomic mass is 10.2. The van der Waals surface area contributed by atoms with Crippen molar-refractivity contribution < 1.29 is 9.53 Å². The van der Waals surface area contributed by atoms with Gasteiger partial charge in [0.25, 0.3) is 5.91 Å². The number of ether oxygens (including phenoxy) is 1. The van der Waals surface area contributed by atoms with Crippen molar-refractivity contribution in [1.82, 2.24) is 19.8 Å². The highest BCUT2D eigenvalue weighted by molar-refractivity contribution is 7.19. The SMILES string of the molecule is CCCc1nnc2sc(-c3ccc(NC(=O)c4cccc(OCC)c4)cc3)nn12. The molecule has 2 aromatic carbocycles. The van der Waals surface area contributed by atoms with E-state index >= 15 is 0 Å². The van der Waals surface area contributed by atoms with Gasteiger partial charge in [-0.15, -0.1) is 10.2 Å². The molecule has 2 heterocycles. The van der Waals surface area contributed by atoms with E-state index in [0.29, 0.717) is 17.9 Å². The number of hydrogen-bond acceptors (Lipinski definition) is 6. The molecule has 0 aliphatic heterocycles. The predicted octanol–water partition coefficient (Wildman–Crippen LogP) is 4.46. The monoisotopic (exact) mass is 407 g/mol. The number of nitrogens with one attached hydrogen (secondary N) is 1. The van der Waals surface area contributed by atoms with Gasteiger partial charge in [-0.05, 0) is 55.8 Å². The summed E-state index contributed by atoms with van der Waals surface area (Å²) < 4.78 is 7.27. The van der Waals surface area contributed by atoms with Crippen molar-refractivity contribution in [2.45, 2.75) is 26.7 Å². The number of aryl methyl sites for hydroxylation is 1. The molecule has 0 atom stereocenters. The van der Waals surface area contributed by atoms with Gasteiger partial charge in [-0.2, -0.15) is 9.61 Å². The predicted molar refractivity (Wildman–Crippen MR) is 114 cm³/mol. The number of anilines is 1. The van der Waals surface area contributed by atoms with Gasteiger partial charge in [-0.25, -0.2) is 0 Å². The molecular formula is C21H21N5O2S. The molecule has 0 fully saturated rings. The highest BCUT2D eigenvalue weighted by atomic mass is 32.1. The maximum Gasteiger partial charge on any atom is 0.255 e. The van der Waals surface area contributed by atoms with Crippen LogP contribution in [-0.4, -0.2) is 32.3 Å². The third-order valence-electron chi connectivity index (χ3n) is 4.33. The Kier molecular flexibility index (Phi) is 5.53. The van der Waals surface area contributed by atoms with E-state index in [9.17, 15) is 4.79 Å². The summed E-state index contributed by atoms with van der Waals surface area (Å²) in [6.07, 6.45) is 1.84. The van der Waals surface area contributed by atoms with E-state index in [-0.39, 0.29) is 5.91 Å². The van der Waals surface area contributed by atoms with E-state index in [0.717, 1.165) is 39.9 Å². The van der Waals surface area contributed by atoms with Gasteiger partial charge >= 0.3 is 0 Å². The first-order valence-electron chi connectivity index (χ1n) is 9.53. The Balaban J connectivity index is 1.49. The number of hydrogen-bond donors (Lipinski definition) is 1. The summed E-state index contributed by atoms with van der Waals surface area (Å²) in [4.78, 5) is 13.3. The van der Waals surface area contributed by atoms with Crippen LogP contribution in [0.1, 0.15) is 36.5 Å². The van der Waals surface area contributed by atoms with Crippen LogP contribution in [0, 0.1) is 0 Å². The minimum absolute atomic E-state index is 0.178. The van der Waals surface area contributed by atoms with E-state index in [2.05, 4.69) is 27.5 Å². The molecule has 0 spiro atoms. The van der Waals surface area contributed by atoms with Crippen molar-refractivity contribution in [3.05, 3.63) is 59.9 Å². The fourth-order valence-corrected chi connectivity index (χ4v) is 3.81. The number of benzene rings is 2. The minimum Gasteiger partial charge on any atom is -0.494 e. The quantitative estimate of drug-likeness (QED) is 0.489.